The van der Waals surface area contributed by atoms with Crippen molar-refractivity contribution in [3.8, 4) is 5.75 Å². The first kappa shape index (κ1) is 23.4. The summed E-state index contributed by atoms with van der Waals surface area (Å²) < 4.78 is 5.13. The molecule has 1 aliphatic rings. The maximum absolute atomic E-state index is 12.7. The highest BCUT2D eigenvalue weighted by Crippen LogP contribution is 2.30. The second-order valence-corrected chi connectivity index (χ2v) is 7.90. The van der Waals surface area contributed by atoms with Gasteiger partial charge in [0.15, 0.2) is 0 Å². The van der Waals surface area contributed by atoms with Crippen LogP contribution >= 0.6 is 0 Å². The zero-order valence-corrected chi connectivity index (χ0v) is 18.8. The molecular formula is C25H22N4O6. The van der Waals surface area contributed by atoms with Gasteiger partial charge in [0, 0.05) is 36.0 Å². The molecule has 178 valence electrons. The van der Waals surface area contributed by atoms with Crippen molar-refractivity contribution >= 4 is 40.5 Å². The van der Waals surface area contributed by atoms with Crippen molar-refractivity contribution in [2.75, 3.05) is 29.2 Å². The van der Waals surface area contributed by atoms with Crippen molar-refractivity contribution in [1.82, 2.24) is 0 Å². The van der Waals surface area contributed by atoms with Crippen LogP contribution in [0.15, 0.2) is 72.8 Å². The van der Waals surface area contributed by atoms with Crippen LogP contribution in [-0.2, 0) is 9.59 Å². The number of carbonyl (C=O) groups excluding carboxylic acids is 3. The van der Waals surface area contributed by atoms with Crippen molar-refractivity contribution < 1.29 is 24.0 Å². The molecule has 0 aromatic heterocycles. The number of nitro groups is 1. The lowest BCUT2D eigenvalue weighted by molar-refractivity contribution is -0.384. The Balaban J connectivity index is 1.38. The highest BCUT2D eigenvalue weighted by molar-refractivity contribution is 6.06. The summed E-state index contributed by atoms with van der Waals surface area (Å²) in [5, 5.41) is 16.4. The SMILES string of the molecule is COc1cc([N+](=O)[O-])ccc1NC(=O)c1ccc(NC(=O)C2CC(=O)N(c3ccccc3)C2)cc1. The Bertz CT molecular complexity index is 1280. The Labute approximate surface area is 200 Å². The van der Waals surface area contributed by atoms with Crippen LogP contribution in [0.25, 0.3) is 0 Å². The topological polar surface area (TPSA) is 131 Å². The quantitative estimate of drug-likeness (QED) is 0.395. The van der Waals surface area contributed by atoms with Gasteiger partial charge in [-0.1, -0.05) is 18.2 Å². The van der Waals surface area contributed by atoms with E-state index in [9.17, 15) is 24.5 Å². The Morgan fingerprint density at radius 2 is 1.74 bits per heavy atom. The van der Waals surface area contributed by atoms with Gasteiger partial charge in [-0.2, -0.15) is 0 Å². The molecule has 0 spiro atoms. The molecule has 3 amide bonds. The first-order valence-corrected chi connectivity index (χ1v) is 10.8. The van der Waals surface area contributed by atoms with E-state index in [2.05, 4.69) is 10.6 Å². The number of hydrogen-bond donors (Lipinski definition) is 2. The molecule has 4 rings (SSSR count). The maximum atomic E-state index is 12.7. The van der Waals surface area contributed by atoms with E-state index in [-0.39, 0.29) is 35.4 Å². The van der Waals surface area contributed by atoms with Crippen LogP contribution in [0.3, 0.4) is 0 Å². The molecule has 10 heteroatoms. The molecule has 1 saturated heterocycles. The molecule has 1 heterocycles. The summed E-state index contributed by atoms with van der Waals surface area (Å²) in [7, 11) is 1.35. The summed E-state index contributed by atoms with van der Waals surface area (Å²) in [6.07, 6.45) is 0.123. The van der Waals surface area contributed by atoms with Crippen LogP contribution in [0.4, 0.5) is 22.7 Å². The highest BCUT2D eigenvalue weighted by Gasteiger charge is 2.35. The lowest BCUT2D eigenvalue weighted by Gasteiger charge is -2.16. The molecule has 1 atom stereocenters. The second kappa shape index (κ2) is 10.0. The molecule has 0 radical (unpaired) electrons. The first-order valence-electron chi connectivity index (χ1n) is 10.8. The van der Waals surface area contributed by atoms with Crippen LogP contribution in [0.2, 0.25) is 0 Å². The molecule has 1 unspecified atom stereocenters. The normalized spacial score (nSPS) is 14.9. The van der Waals surface area contributed by atoms with Gasteiger partial charge in [-0.25, -0.2) is 0 Å². The lowest BCUT2D eigenvalue weighted by Crippen LogP contribution is -2.28. The smallest absolute Gasteiger partial charge is 0.273 e. The number of hydrogen-bond acceptors (Lipinski definition) is 6. The average Bonchev–Trinajstić information content (AvgIpc) is 3.26. The predicted molar refractivity (Wildman–Crippen MR) is 130 cm³/mol. The molecule has 10 nitrogen and oxygen atoms in total. The summed E-state index contributed by atoms with van der Waals surface area (Å²) in [6, 6.07) is 19.3. The van der Waals surface area contributed by atoms with E-state index in [1.807, 2.05) is 30.3 Å². The van der Waals surface area contributed by atoms with Gasteiger partial charge in [0.2, 0.25) is 11.8 Å². The third-order valence-corrected chi connectivity index (χ3v) is 5.62. The minimum Gasteiger partial charge on any atom is -0.494 e. The molecule has 35 heavy (non-hydrogen) atoms. The molecule has 1 aliphatic heterocycles. The van der Waals surface area contributed by atoms with E-state index in [0.717, 1.165) is 5.69 Å². The summed E-state index contributed by atoms with van der Waals surface area (Å²) in [5.74, 6) is -1.16. The summed E-state index contributed by atoms with van der Waals surface area (Å²) in [4.78, 5) is 49.7. The number of amides is 3. The summed E-state index contributed by atoms with van der Waals surface area (Å²) in [5.41, 5.74) is 1.69. The van der Waals surface area contributed by atoms with Crippen molar-refractivity contribution in [2.45, 2.75) is 6.42 Å². The fourth-order valence-corrected chi connectivity index (χ4v) is 3.78. The molecule has 3 aromatic rings. The van der Waals surface area contributed by atoms with Crippen molar-refractivity contribution in [3.05, 3.63) is 88.5 Å². The number of nitro benzene ring substituents is 1. The number of para-hydroxylation sites is 1. The van der Waals surface area contributed by atoms with Gasteiger partial charge in [-0.15, -0.1) is 0 Å². The largest absolute Gasteiger partial charge is 0.494 e. The van der Waals surface area contributed by atoms with Gasteiger partial charge in [-0.3, -0.25) is 24.5 Å². The minimum atomic E-state index is -0.554. The van der Waals surface area contributed by atoms with Gasteiger partial charge in [0.1, 0.15) is 5.75 Å². The van der Waals surface area contributed by atoms with Gasteiger partial charge in [0.25, 0.3) is 11.6 Å². The van der Waals surface area contributed by atoms with E-state index in [1.165, 1.54) is 25.3 Å². The second-order valence-electron chi connectivity index (χ2n) is 7.90. The standard InChI is InChI=1S/C25H22N4O6/c1-35-22-14-20(29(33)34)11-12-21(22)27-24(31)16-7-9-18(10-8-16)26-25(32)17-13-23(30)28(15-17)19-5-3-2-4-6-19/h2-12,14,17H,13,15H2,1H3,(H,26,32)(H,27,31). The maximum Gasteiger partial charge on any atom is 0.273 e. The Hall–Kier alpha value is -4.73. The van der Waals surface area contributed by atoms with Crippen molar-refractivity contribution in [1.29, 1.82) is 0 Å². The van der Waals surface area contributed by atoms with E-state index < -0.39 is 16.7 Å². The van der Waals surface area contributed by atoms with E-state index in [0.29, 0.717) is 17.8 Å². The van der Waals surface area contributed by atoms with E-state index in [1.54, 1.807) is 29.2 Å². The van der Waals surface area contributed by atoms with Gasteiger partial charge < -0.3 is 20.3 Å². The van der Waals surface area contributed by atoms with Crippen LogP contribution in [-0.4, -0.2) is 36.3 Å². The minimum absolute atomic E-state index is 0.106. The molecule has 2 N–H and O–H groups in total. The number of carbonyl (C=O) groups is 3. The third kappa shape index (κ3) is 5.27. The Kier molecular flexibility index (Phi) is 6.72. The van der Waals surface area contributed by atoms with Gasteiger partial charge >= 0.3 is 0 Å². The molecule has 0 aliphatic carbocycles. The molecule has 0 bridgehead atoms. The lowest BCUT2D eigenvalue weighted by atomic mass is 10.1. The van der Waals surface area contributed by atoms with Crippen LogP contribution in [0.1, 0.15) is 16.8 Å². The van der Waals surface area contributed by atoms with E-state index >= 15 is 0 Å². The van der Waals surface area contributed by atoms with Gasteiger partial charge in [0.05, 0.1) is 29.7 Å². The molecule has 3 aromatic carbocycles. The van der Waals surface area contributed by atoms with Crippen molar-refractivity contribution in [3.63, 3.8) is 0 Å². The number of anilines is 3. The zero-order chi connectivity index (χ0) is 24.9. The number of benzene rings is 3. The Morgan fingerprint density at radius 1 is 1.03 bits per heavy atom. The predicted octanol–water partition coefficient (Wildman–Crippen LogP) is 3.85. The monoisotopic (exact) mass is 474 g/mol. The molecular weight excluding hydrogens is 452 g/mol. The van der Waals surface area contributed by atoms with Crippen LogP contribution in [0, 0.1) is 16.0 Å². The van der Waals surface area contributed by atoms with Gasteiger partial charge in [-0.05, 0) is 42.5 Å². The number of nitrogens with zero attached hydrogens (tertiary/aromatic N) is 2. The number of non-ortho nitro benzene ring substituents is 1. The third-order valence-electron chi connectivity index (χ3n) is 5.62. The summed E-state index contributed by atoms with van der Waals surface area (Å²) >= 11 is 0. The first-order chi connectivity index (χ1) is 16.9. The fraction of sp³-hybridized carbons (Fsp3) is 0.160. The van der Waals surface area contributed by atoms with Crippen LogP contribution in [0.5, 0.6) is 5.75 Å². The molecule has 1 fully saturated rings. The number of methoxy groups -OCH3 is 1. The average molecular weight is 474 g/mol. The van der Waals surface area contributed by atoms with E-state index in [4.69, 9.17) is 4.74 Å². The highest BCUT2D eigenvalue weighted by atomic mass is 16.6. The Morgan fingerprint density at radius 3 is 2.40 bits per heavy atom. The fourth-order valence-electron chi connectivity index (χ4n) is 3.78. The number of ether oxygens (including phenoxy) is 1. The zero-order valence-electron chi connectivity index (χ0n) is 18.8. The van der Waals surface area contributed by atoms with Crippen molar-refractivity contribution in [2.24, 2.45) is 5.92 Å². The molecule has 0 saturated carbocycles. The van der Waals surface area contributed by atoms with Crippen LogP contribution < -0.4 is 20.3 Å². The number of nitrogens with one attached hydrogen (secondary N) is 2. The summed E-state index contributed by atoms with van der Waals surface area (Å²) in [6.45, 7) is 0.298. The number of rotatable bonds is 7.